The van der Waals surface area contributed by atoms with E-state index in [0.29, 0.717) is 5.25 Å². The number of imidazole rings is 1. The third-order valence-electron chi connectivity index (χ3n) is 3.63. The lowest BCUT2D eigenvalue weighted by Gasteiger charge is -2.20. The molecule has 22 heavy (non-hydrogen) atoms. The number of methoxy groups -OCH3 is 1. The van der Waals surface area contributed by atoms with Crippen molar-refractivity contribution in [1.29, 1.82) is 0 Å². The van der Waals surface area contributed by atoms with E-state index in [-0.39, 0.29) is 5.41 Å². The van der Waals surface area contributed by atoms with E-state index in [1.807, 2.05) is 30.5 Å². The van der Waals surface area contributed by atoms with Crippen molar-refractivity contribution in [3.05, 3.63) is 54.1 Å². The molecule has 0 spiro atoms. The van der Waals surface area contributed by atoms with Crippen LogP contribution in [0.3, 0.4) is 0 Å². The molecule has 0 saturated carbocycles. The number of ether oxygens (including phenoxy) is 1. The molecular formula is C18H26N2OS. The third-order valence-corrected chi connectivity index (χ3v) is 4.89. The van der Waals surface area contributed by atoms with E-state index in [2.05, 4.69) is 54.6 Å². The fourth-order valence-electron chi connectivity index (χ4n) is 2.28. The molecule has 0 saturated heterocycles. The van der Waals surface area contributed by atoms with E-state index < -0.39 is 0 Å². The molecule has 1 heterocycles. The number of rotatable bonds is 7. The van der Waals surface area contributed by atoms with Crippen molar-refractivity contribution in [2.75, 3.05) is 13.7 Å². The molecule has 0 radical (unpaired) electrons. The van der Waals surface area contributed by atoms with Crippen LogP contribution in [0.25, 0.3) is 0 Å². The van der Waals surface area contributed by atoms with Gasteiger partial charge in [0.15, 0.2) is 0 Å². The van der Waals surface area contributed by atoms with Crippen molar-refractivity contribution in [1.82, 2.24) is 9.55 Å². The SMILES string of the molecule is COCC(Cn1ccnc1)SCc1ccc(C(C)(C)C)cc1. The molecule has 4 heteroatoms. The largest absolute Gasteiger partial charge is 0.383 e. The Bertz CT molecular complexity index is 543. The maximum absolute atomic E-state index is 5.35. The quantitative estimate of drug-likeness (QED) is 0.768. The predicted molar refractivity (Wildman–Crippen MR) is 94.3 cm³/mol. The highest BCUT2D eigenvalue weighted by atomic mass is 32.2. The topological polar surface area (TPSA) is 27.1 Å². The second-order valence-corrected chi connectivity index (χ2v) is 7.88. The number of hydrogen-bond acceptors (Lipinski definition) is 3. The van der Waals surface area contributed by atoms with Crippen LogP contribution >= 0.6 is 11.8 Å². The fraction of sp³-hybridized carbons (Fsp3) is 0.500. The second-order valence-electron chi connectivity index (χ2n) is 6.59. The van der Waals surface area contributed by atoms with Crippen LogP contribution in [0.15, 0.2) is 43.0 Å². The summed E-state index contributed by atoms with van der Waals surface area (Å²) in [5, 5.41) is 0.432. The van der Waals surface area contributed by atoms with E-state index in [4.69, 9.17) is 4.74 Å². The zero-order valence-electron chi connectivity index (χ0n) is 14.0. The molecule has 1 atom stereocenters. The summed E-state index contributed by atoms with van der Waals surface area (Å²) in [6.45, 7) is 8.42. The maximum atomic E-state index is 5.35. The minimum Gasteiger partial charge on any atom is -0.383 e. The molecule has 2 aromatic rings. The molecule has 3 nitrogen and oxygen atoms in total. The first-order valence-corrected chi connectivity index (χ1v) is 8.69. The minimum absolute atomic E-state index is 0.214. The number of hydrogen-bond donors (Lipinski definition) is 0. The van der Waals surface area contributed by atoms with Gasteiger partial charge in [0.2, 0.25) is 0 Å². The summed E-state index contributed by atoms with van der Waals surface area (Å²) < 4.78 is 7.46. The molecule has 0 aliphatic rings. The van der Waals surface area contributed by atoms with E-state index in [1.165, 1.54) is 11.1 Å². The fourth-order valence-corrected chi connectivity index (χ4v) is 3.41. The van der Waals surface area contributed by atoms with Crippen LogP contribution in [-0.2, 0) is 22.4 Å². The van der Waals surface area contributed by atoms with Crippen LogP contribution in [0.5, 0.6) is 0 Å². The zero-order chi connectivity index (χ0) is 16.0. The third kappa shape index (κ3) is 5.18. The van der Waals surface area contributed by atoms with Gasteiger partial charge < -0.3 is 9.30 Å². The average molecular weight is 318 g/mol. The highest BCUT2D eigenvalue weighted by Gasteiger charge is 2.14. The normalized spacial score (nSPS) is 13.3. The number of aromatic nitrogens is 2. The standard InChI is InChI=1S/C18H26N2OS/c1-18(2,3)16-7-5-15(6-8-16)13-22-17(12-21-4)11-20-10-9-19-14-20/h5-10,14,17H,11-13H2,1-4H3. The summed E-state index contributed by atoms with van der Waals surface area (Å²) in [5.41, 5.74) is 2.96. The van der Waals surface area contributed by atoms with Gasteiger partial charge in [0, 0.05) is 37.1 Å². The van der Waals surface area contributed by atoms with Gasteiger partial charge in [-0.15, -0.1) is 11.8 Å². The summed E-state index contributed by atoms with van der Waals surface area (Å²) in [6.07, 6.45) is 5.68. The molecule has 1 aromatic heterocycles. The Balaban J connectivity index is 1.91. The van der Waals surface area contributed by atoms with Gasteiger partial charge in [-0.05, 0) is 16.5 Å². The molecular weight excluding hydrogens is 292 g/mol. The Labute approximate surface area is 138 Å². The van der Waals surface area contributed by atoms with Crippen LogP contribution in [0.4, 0.5) is 0 Å². The molecule has 2 rings (SSSR count). The Hall–Kier alpha value is -1.26. The molecule has 0 N–H and O–H groups in total. The first-order valence-electron chi connectivity index (χ1n) is 7.65. The van der Waals surface area contributed by atoms with Crippen molar-refractivity contribution in [2.45, 2.75) is 43.7 Å². The smallest absolute Gasteiger partial charge is 0.0946 e. The van der Waals surface area contributed by atoms with Gasteiger partial charge in [-0.25, -0.2) is 4.98 Å². The lowest BCUT2D eigenvalue weighted by atomic mass is 9.87. The lowest BCUT2D eigenvalue weighted by Crippen LogP contribution is -2.18. The zero-order valence-corrected chi connectivity index (χ0v) is 14.8. The molecule has 1 unspecified atom stereocenters. The van der Waals surface area contributed by atoms with Gasteiger partial charge in [-0.2, -0.15) is 0 Å². The minimum atomic E-state index is 0.214. The van der Waals surface area contributed by atoms with Crippen LogP contribution in [0.2, 0.25) is 0 Å². The highest BCUT2D eigenvalue weighted by molar-refractivity contribution is 7.99. The van der Waals surface area contributed by atoms with Crippen molar-refractivity contribution < 1.29 is 4.74 Å². The first kappa shape index (κ1) is 17.1. The number of thioether (sulfide) groups is 1. The van der Waals surface area contributed by atoms with Crippen LogP contribution < -0.4 is 0 Å². The van der Waals surface area contributed by atoms with Gasteiger partial charge in [-0.1, -0.05) is 45.0 Å². The predicted octanol–water partition coefficient (Wildman–Crippen LogP) is 4.13. The van der Waals surface area contributed by atoms with Gasteiger partial charge in [0.1, 0.15) is 0 Å². The molecule has 1 aromatic carbocycles. The van der Waals surface area contributed by atoms with E-state index >= 15 is 0 Å². The summed E-state index contributed by atoms with van der Waals surface area (Å²) in [7, 11) is 1.76. The Morgan fingerprint density at radius 2 is 1.95 bits per heavy atom. The van der Waals surface area contributed by atoms with Crippen molar-refractivity contribution in [3.63, 3.8) is 0 Å². The van der Waals surface area contributed by atoms with E-state index in [9.17, 15) is 0 Å². The monoisotopic (exact) mass is 318 g/mol. The van der Waals surface area contributed by atoms with E-state index in [0.717, 1.165) is 18.9 Å². The summed E-state index contributed by atoms with van der Waals surface area (Å²) >= 11 is 1.94. The lowest BCUT2D eigenvalue weighted by molar-refractivity contribution is 0.195. The molecule has 0 fully saturated rings. The van der Waals surface area contributed by atoms with Crippen molar-refractivity contribution in [2.24, 2.45) is 0 Å². The summed E-state index contributed by atoms with van der Waals surface area (Å²) in [6, 6.07) is 8.98. The molecule has 120 valence electrons. The molecule has 0 aliphatic carbocycles. The van der Waals surface area contributed by atoms with Gasteiger partial charge in [0.05, 0.1) is 12.9 Å². The number of benzene rings is 1. The number of nitrogens with zero attached hydrogens (tertiary/aromatic N) is 2. The highest BCUT2D eigenvalue weighted by Crippen LogP contribution is 2.25. The Morgan fingerprint density at radius 1 is 1.23 bits per heavy atom. The molecule has 0 aliphatic heterocycles. The van der Waals surface area contributed by atoms with Gasteiger partial charge in [-0.3, -0.25) is 0 Å². The van der Waals surface area contributed by atoms with Crippen molar-refractivity contribution >= 4 is 11.8 Å². The van der Waals surface area contributed by atoms with Crippen molar-refractivity contribution in [3.8, 4) is 0 Å². The Kier molecular flexibility index (Phi) is 6.09. The van der Waals surface area contributed by atoms with Crippen LogP contribution in [0.1, 0.15) is 31.9 Å². The first-order chi connectivity index (χ1) is 10.5. The van der Waals surface area contributed by atoms with Crippen LogP contribution in [0, 0.1) is 0 Å². The Morgan fingerprint density at radius 3 is 2.50 bits per heavy atom. The van der Waals surface area contributed by atoms with E-state index in [1.54, 1.807) is 7.11 Å². The van der Waals surface area contributed by atoms with Crippen LogP contribution in [-0.4, -0.2) is 28.5 Å². The second kappa shape index (κ2) is 7.84. The average Bonchev–Trinajstić information content (AvgIpc) is 2.97. The summed E-state index contributed by atoms with van der Waals surface area (Å²) in [4.78, 5) is 4.10. The molecule has 0 bridgehead atoms. The van der Waals surface area contributed by atoms with Gasteiger partial charge in [0.25, 0.3) is 0 Å². The summed E-state index contributed by atoms with van der Waals surface area (Å²) in [5.74, 6) is 1.01. The molecule has 0 amide bonds. The maximum Gasteiger partial charge on any atom is 0.0946 e. The van der Waals surface area contributed by atoms with Gasteiger partial charge >= 0.3 is 0 Å².